The second-order valence-corrected chi connectivity index (χ2v) is 5.38. The number of nitrogens with zero attached hydrogens (tertiary/aromatic N) is 2. The van der Waals surface area contributed by atoms with Crippen LogP contribution < -0.4 is 5.32 Å². The van der Waals surface area contributed by atoms with Gasteiger partial charge in [0.15, 0.2) is 0 Å². The maximum Gasteiger partial charge on any atom is 0.317 e. The highest BCUT2D eigenvalue weighted by Gasteiger charge is 2.58. The van der Waals surface area contributed by atoms with E-state index in [0.717, 1.165) is 0 Å². The first-order valence-corrected chi connectivity index (χ1v) is 6.36. The zero-order chi connectivity index (χ0) is 13.5. The average molecular weight is 257 g/mol. The lowest BCUT2D eigenvalue weighted by Crippen LogP contribution is -2.57. The molecule has 0 aromatic carbocycles. The quantitative estimate of drug-likeness (QED) is 0.748. The molecule has 1 N–H and O–H groups in total. The van der Waals surface area contributed by atoms with Crippen LogP contribution in [0.4, 0.5) is 9.18 Å². The van der Waals surface area contributed by atoms with Crippen molar-refractivity contribution in [2.75, 3.05) is 26.7 Å². The summed E-state index contributed by atoms with van der Waals surface area (Å²) in [5.41, 5.74) is -1.89. The summed E-state index contributed by atoms with van der Waals surface area (Å²) in [5, 5.41) is 2.48. The molecule has 102 valence electrons. The molecule has 0 aromatic rings. The summed E-state index contributed by atoms with van der Waals surface area (Å²) >= 11 is 0. The predicted molar refractivity (Wildman–Crippen MR) is 64.8 cm³/mol. The maximum atomic E-state index is 14.9. The maximum absolute atomic E-state index is 14.9. The molecule has 2 fully saturated rings. The van der Waals surface area contributed by atoms with Crippen molar-refractivity contribution < 1.29 is 14.0 Å². The number of alkyl halides is 1. The molecular weight excluding hydrogens is 237 g/mol. The van der Waals surface area contributed by atoms with E-state index in [-0.39, 0.29) is 24.5 Å². The van der Waals surface area contributed by atoms with Gasteiger partial charge in [-0.2, -0.15) is 0 Å². The molecule has 6 heteroatoms. The fourth-order valence-corrected chi connectivity index (χ4v) is 2.89. The van der Waals surface area contributed by atoms with E-state index < -0.39 is 11.6 Å². The van der Waals surface area contributed by atoms with Crippen LogP contribution in [0.2, 0.25) is 0 Å². The summed E-state index contributed by atoms with van der Waals surface area (Å²) < 4.78 is 14.9. The fourth-order valence-electron chi connectivity index (χ4n) is 2.89. The highest BCUT2D eigenvalue weighted by atomic mass is 19.1. The smallest absolute Gasteiger partial charge is 0.317 e. The van der Waals surface area contributed by atoms with E-state index in [1.54, 1.807) is 4.90 Å². The van der Waals surface area contributed by atoms with E-state index in [0.29, 0.717) is 19.5 Å². The summed E-state index contributed by atoms with van der Waals surface area (Å²) in [7, 11) is 1.51. The van der Waals surface area contributed by atoms with Gasteiger partial charge in [-0.25, -0.2) is 9.18 Å². The topological polar surface area (TPSA) is 52.7 Å². The molecule has 5 nitrogen and oxygen atoms in total. The monoisotopic (exact) mass is 257 g/mol. The Kier molecular flexibility index (Phi) is 3.21. The number of urea groups is 1. The van der Waals surface area contributed by atoms with Crippen molar-refractivity contribution >= 4 is 11.9 Å². The Morgan fingerprint density at radius 2 is 2.22 bits per heavy atom. The van der Waals surface area contributed by atoms with Crippen molar-refractivity contribution in [3.8, 4) is 0 Å². The summed E-state index contributed by atoms with van der Waals surface area (Å²) in [6, 6.07) is -0.314. The van der Waals surface area contributed by atoms with Crippen molar-refractivity contribution in [3.63, 3.8) is 0 Å². The lowest BCUT2D eigenvalue weighted by molar-refractivity contribution is -0.152. The molecule has 2 heterocycles. The van der Waals surface area contributed by atoms with Gasteiger partial charge in [0.1, 0.15) is 0 Å². The summed E-state index contributed by atoms with van der Waals surface area (Å²) in [6.45, 7) is 4.54. The standard InChI is InChI=1S/C12H20FN3O2/c1-8(2)16-5-4-9-6-15(11(18)14-3)7-12(9,13)10(16)17/h8-9H,4-7H2,1-3H3,(H,14,18)/t9-,12-/m1/s1. The van der Waals surface area contributed by atoms with Crippen LogP contribution >= 0.6 is 0 Å². The second-order valence-electron chi connectivity index (χ2n) is 5.38. The molecule has 2 aliphatic rings. The highest BCUT2D eigenvalue weighted by Crippen LogP contribution is 2.39. The second kappa shape index (κ2) is 4.40. The Hall–Kier alpha value is -1.33. The third kappa shape index (κ3) is 1.83. The molecule has 2 rings (SSSR count). The minimum atomic E-state index is -1.89. The Bertz CT molecular complexity index is 374. The fraction of sp³-hybridized carbons (Fsp3) is 0.833. The molecule has 0 saturated carbocycles. The third-order valence-corrected chi connectivity index (χ3v) is 3.97. The van der Waals surface area contributed by atoms with Crippen LogP contribution in [0.3, 0.4) is 0 Å². The van der Waals surface area contributed by atoms with E-state index in [9.17, 15) is 14.0 Å². The molecule has 0 bridgehead atoms. The lowest BCUT2D eigenvalue weighted by atomic mass is 9.84. The van der Waals surface area contributed by atoms with Gasteiger partial charge in [-0.1, -0.05) is 0 Å². The van der Waals surface area contributed by atoms with Gasteiger partial charge in [0, 0.05) is 32.1 Å². The number of likely N-dealkylation sites (tertiary alicyclic amines) is 2. The molecule has 0 unspecified atom stereocenters. The molecule has 0 aliphatic carbocycles. The number of carbonyl (C=O) groups excluding carboxylic acids is 2. The van der Waals surface area contributed by atoms with Crippen LogP contribution in [0.1, 0.15) is 20.3 Å². The van der Waals surface area contributed by atoms with Crippen LogP contribution in [0.5, 0.6) is 0 Å². The largest absolute Gasteiger partial charge is 0.341 e. The molecule has 3 amide bonds. The highest BCUT2D eigenvalue weighted by molar-refractivity contribution is 5.89. The van der Waals surface area contributed by atoms with Crippen LogP contribution in [0.15, 0.2) is 0 Å². The van der Waals surface area contributed by atoms with Crippen LogP contribution in [0.25, 0.3) is 0 Å². The Morgan fingerprint density at radius 3 is 2.78 bits per heavy atom. The van der Waals surface area contributed by atoms with Gasteiger partial charge in [-0.3, -0.25) is 4.79 Å². The number of hydrogen-bond acceptors (Lipinski definition) is 2. The first-order valence-electron chi connectivity index (χ1n) is 6.36. The normalized spacial score (nSPS) is 31.8. The number of amides is 3. The third-order valence-electron chi connectivity index (χ3n) is 3.97. The summed E-state index contributed by atoms with van der Waals surface area (Å²) in [5.74, 6) is -0.822. The van der Waals surface area contributed by atoms with Crippen molar-refractivity contribution in [1.82, 2.24) is 15.1 Å². The lowest BCUT2D eigenvalue weighted by Gasteiger charge is -2.39. The van der Waals surface area contributed by atoms with E-state index >= 15 is 0 Å². The van der Waals surface area contributed by atoms with Gasteiger partial charge >= 0.3 is 6.03 Å². The minimum absolute atomic E-state index is 0.000117. The number of piperidine rings is 1. The van der Waals surface area contributed by atoms with E-state index in [2.05, 4.69) is 5.32 Å². The number of fused-ring (bicyclic) bond motifs is 1. The van der Waals surface area contributed by atoms with Crippen molar-refractivity contribution in [2.24, 2.45) is 5.92 Å². The zero-order valence-corrected chi connectivity index (χ0v) is 11.1. The number of nitrogens with one attached hydrogen (secondary N) is 1. The number of hydrogen-bond donors (Lipinski definition) is 1. The molecule has 2 atom stereocenters. The SMILES string of the molecule is CNC(=O)N1C[C@H]2CCN(C(C)C)C(=O)[C@@]2(F)C1. The molecule has 0 radical (unpaired) electrons. The van der Waals surface area contributed by atoms with E-state index in [1.807, 2.05) is 13.8 Å². The van der Waals surface area contributed by atoms with E-state index in [1.165, 1.54) is 11.9 Å². The van der Waals surface area contributed by atoms with Crippen molar-refractivity contribution in [3.05, 3.63) is 0 Å². The number of halogens is 1. The van der Waals surface area contributed by atoms with Crippen molar-refractivity contribution in [1.29, 1.82) is 0 Å². The molecule has 0 spiro atoms. The van der Waals surface area contributed by atoms with Gasteiger partial charge in [0.25, 0.3) is 5.91 Å². The molecule has 0 aromatic heterocycles. The minimum Gasteiger partial charge on any atom is -0.341 e. The predicted octanol–water partition coefficient (Wildman–Crippen LogP) is 0.607. The van der Waals surface area contributed by atoms with Gasteiger partial charge in [0.2, 0.25) is 5.67 Å². The summed E-state index contributed by atoms with van der Waals surface area (Å²) in [6.07, 6.45) is 0.619. The molecular formula is C12H20FN3O2. The Balaban J connectivity index is 2.19. The van der Waals surface area contributed by atoms with Crippen LogP contribution in [0, 0.1) is 5.92 Å². The number of rotatable bonds is 1. The number of carbonyl (C=O) groups is 2. The zero-order valence-electron chi connectivity index (χ0n) is 11.1. The van der Waals surface area contributed by atoms with Gasteiger partial charge < -0.3 is 15.1 Å². The molecule has 2 saturated heterocycles. The molecule has 2 aliphatic heterocycles. The summed E-state index contributed by atoms with van der Waals surface area (Å²) in [4.78, 5) is 26.7. The average Bonchev–Trinajstić information content (AvgIpc) is 2.67. The Labute approximate surface area is 106 Å². The van der Waals surface area contributed by atoms with Gasteiger partial charge in [0.05, 0.1) is 6.54 Å². The first kappa shape index (κ1) is 13.1. The van der Waals surface area contributed by atoms with Crippen molar-refractivity contribution in [2.45, 2.75) is 32.0 Å². The molecule has 18 heavy (non-hydrogen) atoms. The van der Waals surface area contributed by atoms with Crippen LogP contribution in [-0.4, -0.2) is 60.1 Å². The Morgan fingerprint density at radius 1 is 1.56 bits per heavy atom. The first-order chi connectivity index (χ1) is 8.40. The van der Waals surface area contributed by atoms with E-state index in [4.69, 9.17) is 0 Å². The van der Waals surface area contributed by atoms with Gasteiger partial charge in [-0.15, -0.1) is 0 Å². The van der Waals surface area contributed by atoms with Crippen LogP contribution in [-0.2, 0) is 4.79 Å². The van der Waals surface area contributed by atoms with Gasteiger partial charge in [-0.05, 0) is 20.3 Å².